The van der Waals surface area contributed by atoms with Gasteiger partial charge in [0.25, 0.3) is 0 Å². The highest BCUT2D eigenvalue weighted by molar-refractivity contribution is 5.61. The molecule has 1 rings (SSSR count). The topological polar surface area (TPSA) is 24.4 Å². The van der Waals surface area contributed by atoms with Crippen molar-refractivity contribution in [2.24, 2.45) is 5.10 Å². The van der Waals surface area contributed by atoms with Crippen LogP contribution < -0.4 is 5.43 Å². The molecule has 1 aromatic carbocycles. The van der Waals surface area contributed by atoms with Gasteiger partial charge in [0, 0.05) is 19.7 Å². The molecule has 1 N–H and O–H groups in total. The van der Waals surface area contributed by atoms with Crippen LogP contribution in [0.4, 0.5) is 0 Å². The Bertz CT molecular complexity index is 266. The average molecular weight is 162 g/mol. The summed E-state index contributed by atoms with van der Waals surface area (Å²) in [5.74, 6) is 0. The van der Waals surface area contributed by atoms with E-state index >= 15 is 0 Å². The Balaban J connectivity index is 2.63. The highest BCUT2D eigenvalue weighted by Gasteiger charge is 1.92. The first-order valence-corrected chi connectivity index (χ1v) is 4.07. The van der Waals surface area contributed by atoms with Crippen molar-refractivity contribution >= 4 is 6.21 Å². The van der Waals surface area contributed by atoms with Gasteiger partial charge in [0.1, 0.15) is 0 Å². The minimum atomic E-state index is 0.896. The Labute approximate surface area is 73.3 Å². The van der Waals surface area contributed by atoms with Gasteiger partial charge in [-0.05, 0) is 18.1 Å². The molecule has 0 spiro atoms. The van der Waals surface area contributed by atoms with E-state index < -0.39 is 0 Å². The number of hydrogen-bond donors (Lipinski definition) is 1. The van der Waals surface area contributed by atoms with E-state index in [4.69, 9.17) is 0 Å². The Morgan fingerprint density at radius 3 is 2.83 bits per heavy atom. The van der Waals surface area contributed by atoms with E-state index in [0.717, 1.165) is 6.42 Å². The van der Waals surface area contributed by atoms with E-state index in [-0.39, 0.29) is 0 Å². The molecule has 0 atom stereocenters. The monoisotopic (exact) mass is 162 g/mol. The van der Waals surface area contributed by atoms with Gasteiger partial charge in [0.15, 0.2) is 0 Å². The van der Waals surface area contributed by atoms with E-state index in [1.807, 2.05) is 12.3 Å². The zero-order chi connectivity index (χ0) is 8.81. The van der Waals surface area contributed by atoms with Crippen LogP contribution in [0.2, 0.25) is 0 Å². The minimum Gasteiger partial charge on any atom is -0.313 e. The molecule has 0 aromatic heterocycles. The van der Waals surface area contributed by atoms with Crippen LogP contribution in [-0.4, -0.2) is 13.3 Å². The van der Waals surface area contributed by atoms with Gasteiger partial charge in [-0.15, -0.1) is 0 Å². The fourth-order valence-electron chi connectivity index (χ4n) is 1.07. The van der Waals surface area contributed by atoms with E-state index in [9.17, 15) is 0 Å². The number of benzene rings is 1. The zero-order valence-corrected chi connectivity index (χ0v) is 7.54. The summed E-state index contributed by atoms with van der Waals surface area (Å²) in [5, 5.41) is 3.93. The van der Waals surface area contributed by atoms with Crippen molar-refractivity contribution in [2.45, 2.75) is 13.3 Å². The molecule has 0 heterocycles. The van der Waals surface area contributed by atoms with E-state index in [0.29, 0.717) is 0 Å². The summed E-state index contributed by atoms with van der Waals surface area (Å²) in [6.45, 7) is 2.11. The first kappa shape index (κ1) is 8.78. The maximum absolute atomic E-state index is 3.93. The van der Waals surface area contributed by atoms with Gasteiger partial charge in [0.05, 0.1) is 0 Å². The molecule has 0 amide bonds. The second-order valence-corrected chi connectivity index (χ2v) is 2.67. The van der Waals surface area contributed by atoms with Crippen molar-refractivity contribution in [1.29, 1.82) is 0 Å². The summed E-state index contributed by atoms with van der Waals surface area (Å²) in [5.41, 5.74) is 5.38. The summed E-state index contributed by atoms with van der Waals surface area (Å²) in [6.07, 6.45) is 2.77. The molecule has 0 saturated heterocycles. The molecule has 64 valence electrons. The van der Waals surface area contributed by atoms with Gasteiger partial charge in [0.2, 0.25) is 0 Å². The Hall–Kier alpha value is -1.31. The number of aryl methyl sites for hydroxylation is 1. The molecule has 2 heteroatoms. The third-order valence-electron chi connectivity index (χ3n) is 1.79. The molecule has 0 saturated carbocycles. The maximum Gasteiger partial charge on any atom is 0.0286 e. The Morgan fingerprint density at radius 2 is 2.17 bits per heavy atom. The number of hydrazone groups is 1. The molecular formula is C10H14N2. The van der Waals surface area contributed by atoms with Crippen LogP contribution in [0.15, 0.2) is 29.4 Å². The second kappa shape index (κ2) is 4.54. The fourth-order valence-corrected chi connectivity index (χ4v) is 1.07. The summed E-state index contributed by atoms with van der Waals surface area (Å²) in [4.78, 5) is 0. The van der Waals surface area contributed by atoms with Gasteiger partial charge < -0.3 is 5.43 Å². The second-order valence-electron chi connectivity index (χ2n) is 2.67. The quantitative estimate of drug-likeness (QED) is 0.531. The third-order valence-corrected chi connectivity index (χ3v) is 1.79. The molecule has 0 unspecified atom stereocenters. The van der Waals surface area contributed by atoms with Gasteiger partial charge in [-0.1, -0.05) is 24.3 Å². The van der Waals surface area contributed by atoms with Crippen molar-refractivity contribution in [3.63, 3.8) is 0 Å². The lowest BCUT2D eigenvalue weighted by Gasteiger charge is -1.99. The number of rotatable bonds is 3. The van der Waals surface area contributed by atoms with Crippen LogP contribution in [0.5, 0.6) is 0 Å². The minimum absolute atomic E-state index is 0.896. The molecule has 0 radical (unpaired) electrons. The number of hydrogen-bond acceptors (Lipinski definition) is 2. The first-order chi connectivity index (χ1) is 5.84. The SMILES string of the molecule is CN/N=C/Cc1ccccc1C. The lowest BCUT2D eigenvalue weighted by Crippen LogP contribution is -1.96. The van der Waals surface area contributed by atoms with Crippen LogP contribution in [-0.2, 0) is 6.42 Å². The Morgan fingerprint density at radius 1 is 1.42 bits per heavy atom. The predicted molar refractivity (Wildman–Crippen MR) is 52.4 cm³/mol. The molecule has 0 aliphatic rings. The Kier molecular flexibility index (Phi) is 3.33. The van der Waals surface area contributed by atoms with E-state index in [1.165, 1.54) is 11.1 Å². The van der Waals surface area contributed by atoms with Crippen molar-refractivity contribution < 1.29 is 0 Å². The molecule has 2 nitrogen and oxygen atoms in total. The lowest BCUT2D eigenvalue weighted by atomic mass is 10.1. The predicted octanol–water partition coefficient (Wildman–Crippen LogP) is 1.74. The largest absolute Gasteiger partial charge is 0.313 e. The molecule has 0 fully saturated rings. The van der Waals surface area contributed by atoms with Crippen LogP contribution in [0.3, 0.4) is 0 Å². The van der Waals surface area contributed by atoms with E-state index in [1.54, 1.807) is 7.05 Å². The number of nitrogens with one attached hydrogen (secondary N) is 1. The van der Waals surface area contributed by atoms with Crippen molar-refractivity contribution in [2.75, 3.05) is 7.05 Å². The molecule has 1 aromatic rings. The molecule has 12 heavy (non-hydrogen) atoms. The molecular weight excluding hydrogens is 148 g/mol. The maximum atomic E-state index is 3.93. The van der Waals surface area contributed by atoms with Crippen molar-refractivity contribution in [1.82, 2.24) is 5.43 Å². The summed E-state index contributed by atoms with van der Waals surface area (Å²) in [6, 6.07) is 8.34. The lowest BCUT2D eigenvalue weighted by molar-refractivity contribution is 0.902. The molecule has 0 aliphatic heterocycles. The van der Waals surface area contributed by atoms with Crippen LogP contribution >= 0.6 is 0 Å². The van der Waals surface area contributed by atoms with Gasteiger partial charge in [-0.3, -0.25) is 0 Å². The standard InChI is InChI=1S/C10H14N2/c1-9-5-3-4-6-10(9)7-8-12-11-2/h3-6,8,11H,7H2,1-2H3/b12-8+. The van der Waals surface area contributed by atoms with Gasteiger partial charge in [-0.2, -0.15) is 5.10 Å². The third kappa shape index (κ3) is 2.38. The highest BCUT2D eigenvalue weighted by Crippen LogP contribution is 2.05. The van der Waals surface area contributed by atoms with Gasteiger partial charge in [-0.25, -0.2) is 0 Å². The summed E-state index contributed by atoms with van der Waals surface area (Å²) >= 11 is 0. The summed E-state index contributed by atoms with van der Waals surface area (Å²) < 4.78 is 0. The van der Waals surface area contributed by atoms with Crippen LogP contribution in [0, 0.1) is 6.92 Å². The normalized spacial score (nSPS) is 10.5. The fraction of sp³-hybridized carbons (Fsp3) is 0.300. The van der Waals surface area contributed by atoms with Crippen molar-refractivity contribution in [3.05, 3.63) is 35.4 Å². The van der Waals surface area contributed by atoms with Crippen molar-refractivity contribution in [3.8, 4) is 0 Å². The number of nitrogens with zero attached hydrogens (tertiary/aromatic N) is 1. The molecule has 0 aliphatic carbocycles. The highest BCUT2D eigenvalue weighted by atomic mass is 15.3. The van der Waals surface area contributed by atoms with Crippen LogP contribution in [0.1, 0.15) is 11.1 Å². The molecule has 0 bridgehead atoms. The average Bonchev–Trinajstić information content (AvgIpc) is 2.09. The smallest absolute Gasteiger partial charge is 0.0286 e. The zero-order valence-electron chi connectivity index (χ0n) is 7.54. The first-order valence-electron chi connectivity index (χ1n) is 4.07. The van der Waals surface area contributed by atoms with E-state index in [2.05, 4.69) is 35.7 Å². The van der Waals surface area contributed by atoms with Gasteiger partial charge >= 0.3 is 0 Å². The summed E-state index contributed by atoms with van der Waals surface area (Å²) in [7, 11) is 1.80. The van der Waals surface area contributed by atoms with Crippen LogP contribution in [0.25, 0.3) is 0 Å².